The highest BCUT2D eigenvalue weighted by molar-refractivity contribution is 7.18. The fourth-order valence-corrected chi connectivity index (χ4v) is 5.93. The van der Waals surface area contributed by atoms with Gasteiger partial charge >= 0.3 is 6.03 Å². The van der Waals surface area contributed by atoms with Gasteiger partial charge in [-0.2, -0.15) is 0 Å². The summed E-state index contributed by atoms with van der Waals surface area (Å²) >= 11 is 1.67. The normalized spacial score (nSPS) is 23.2. The van der Waals surface area contributed by atoms with Gasteiger partial charge in [-0.15, -0.1) is 11.3 Å². The molecule has 8 heteroatoms. The van der Waals surface area contributed by atoms with Gasteiger partial charge in [0, 0.05) is 19.0 Å². The predicted octanol–water partition coefficient (Wildman–Crippen LogP) is 3.86. The summed E-state index contributed by atoms with van der Waals surface area (Å²) in [5.41, 5.74) is 0.594. The highest BCUT2D eigenvalue weighted by Crippen LogP contribution is 2.34. The van der Waals surface area contributed by atoms with E-state index >= 15 is 0 Å². The van der Waals surface area contributed by atoms with Crippen molar-refractivity contribution in [3.63, 3.8) is 0 Å². The molecule has 2 aliphatic rings. The lowest BCUT2D eigenvalue weighted by atomic mass is 9.87. The number of thiazole rings is 1. The van der Waals surface area contributed by atoms with Crippen molar-refractivity contribution < 1.29 is 14.4 Å². The maximum absolute atomic E-state index is 13.3. The van der Waals surface area contributed by atoms with E-state index in [9.17, 15) is 14.4 Å². The monoisotopic (exact) mass is 462 g/mol. The molecule has 1 aromatic heterocycles. The van der Waals surface area contributed by atoms with Crippen LogP contribution in [0.2, 0.25) is 0 Å². The summed E-state index contributed by atoms with van der Waals surface area (Å²) in [6, 6.07) is 16.8. The lowest BCUT2D eigenvalue weighted by molar-refractivity contribution is -0.140. The Bertz CT molecular complexity index is 1180. The molecule has 2 saturated heterocycles. The van der Waals surface area contributed by atoms with Crippen molar-refractivity contribution in [3.05, 3.63) is 65.2 Å². The van der Waals surface area contributed by atoms with E-state index in [2.05, 4.69) is 11.4 Å². The van der Waals surface area contributed by atoms with Crippen LogP contribution >= 0.6 is 11.3 Å². The molecule has 1 N–H and O–H groups in total. The van der Waals surface area contributed by atoms with Crippen LogP contribution in [0.1, 0.15) is 42.7 Å². The topological polar surface area (TPSA) is 82.6 Å². The molecule has 7 nitrogen and oxygen atoms in total. The number of nitrogens with one attached hydrogen (secondary N) is 1. The van der Waals surface area contributed by atoms with Crippen molar-refractivity contribution >= 4 is 39.4 Å². The Balaban J connectivity index is 1.30. The Hall–Kier alpha value is -3.26. The van der Waals surface area contributed by atoms with Crippen LogP contribution in [0.3, 0.4) is 0 Å². The van der Waals surface area contributed by atoms with Gasteiger partial charge in [-0.3, -0.25) is 14.5 Å². The van der Waals surface area contributed by atoms with E-state index in [0.717, 1.165) is 38.5 Å². The number of hydrogen-bond acceptors (Lipinski definition) is 5. The number of hydrogen-bond donors (Lipinski definition) is 1. The number of benzene rings is 2. The number of rotatable bonds is 5. The molecule has 4 amide bonds. The van der Waals surface area contributed by atoms with Gasteiger partial charge in [-0.1, -0.05) is 49.4 Å². The number of nitrogens with zero attached hydrogens (tertiary/aromatic N) is 3. The lowest BCUT2D eigenvalue weighted by Crippen LogP contribution is -2.47. The van der Waals surface area contributed by atoms with Crippen molar-refractivity contribution in [2.45, 2.75) is 37.6 Å². The summed E-state index contributed by atoms with van der Waals surface area (Å²) in [6.45, 7) is 2.80. The van der Waals surface area contributed by atoms with E-state index in [1.54, 1.807) is 16.2 Å². The number of amides is 4. The number of para-hydroxylation sites is 1. The molecule has 2 atom stereocenters. The molecule has 5 rings (SSSR count). The van der Waals surface area contributed by atoms with E-state index in [0.29, 0.717) is 19.5 Å². The molecule has 2 aliphatic heterocycles. The minimum atomic E-state index is -1.12. The maximum Gasteiger partial charge on any atom is 0.325 e. The first-order chi connectivity index (χ1) is 16.0. The first kappa shape index (κ1) is 21.6. The number of carbonyl (C=O) groups is 3. The van der Waals surface area contributed by atoms with Crippen LogP contribution in [0.5, 0.6) is 0 Å². The zero-order valence-corrected chi connectivity index (χ0v) is 19.3. The second-order valence-corrected chi connectivity index (χ2v) is 9.71. The summed E-state index contributed by atoms with van der Waals surface area (Å²) in [5, 5.41) is 3.89. The van der Waals surface area contributed by atoms with Crippen molar-refractivity contribution in [1.29, 1.82) is 0 Å². The Labute approximate surface area is 196 Å². The molecule has 0 aliphatic carbocycles. The third-order valence-electron chi connectivity index (χ3n) is 6.70. The lowest BCUT2D eigenvalue weighted by Gasteiger charge is -2.32. The van der Waals surface area contributed by atoms with Crippen LogP contribution < -0.4 is 5.32 Å². The Morgan fingerprint density at radius 1 is 1.15 bits per heavy atom. The summed E-state index contributed by atoms with van der Waals surface area (Å²) in [5.74, 6) is -0.402. The number of imide groups is 1. The van der Waals surface area contributed by atoms with Crippen LogP contribution in [0.25, 0.3) is 10.2 Å². The Morgan fingerprint density at radius 3 is 2.67 bits per heavy atom. The van der Waals surface area contributed by atoms with Crippen LogP contribution in [0.4, 0.5) is 4.79 Å². The molecule has 0 radical (unpaired) electrons. The van der Waals surface area contributed by atoms with E-state index in [1.807, 2.05) is 55.5 Å². The fourth-order valence-electron chi connectivity index (χ4n) is 4.84. The van der Waals surface area contributed by atoms with Gasteiger partial charge in [0.25, 0.3) is 5.91 Å². The average Bonchev–Trinajstić information content (AvgIpc) is 3.40. The molecule has 0 unspecified atom stereocenters. The molecular weight excluding hydrogens is 436 g/mol. The van der Waals surface area contributed by atoms with Crippen LogP contribution in [0, 0.1) is 0 Å². The number of likely N-dealkylation sites (tertiary alicyclic amines) is 1. The van der Waals surface area contributed by atoms with Crippen LogP contribution in [-0.4, -0.2) is 52.3 Å². The number of carbonyl (C=O) groups excluding carboxylic acids is 3. The molecule has 0 spiro atoms. The van der Waals surface area contributed by atoms with Gasteiger partial charge < -0.3 is 10.2 Å². The third-order valence-corrected chi connectivity index (χ3v) is 7.90. The molecule has 0 saturated carbocycles. The molecule has 0 bridgehead atoms. The van der Waals surface area contributed by atoms with Crippen molar-refractivity contribution in [2.75, 3.05) is 19.6 Å². The van der Waals surface area contributed by atoms with Crippen LogP contribution in [-0.2, 0) is 15.1 Å². The summed E-state index contributed by atoms with van der Waals surface area (Å²) in [6.07, 6.45) is 2.25. The first-order valence-corrected chi connectivity index (χ1v) is 12.2. The zero-order valence-electron chi connectivity index (χ0n) is 18.5. The minimum Gasteiger partial charge on any atom is -0.340 e. The fraction of sp³-hybridized carbons (Fsp3) is 0.360. The second-order valence-electron chi connectivity index (χ2n) is 8.65. The van der Waals surface area contributed by atoms with Gasteiger partial charge in [0.05, 0.1) is 15.2 Å². The van der Waals surface area contributed by atoms with Crippen molar-refractivity contribution in [3.8, 4) is 0 Å². The standard InChI is InChI=1S/C25H26N4O3S/c1-2-25(18-10-4-3-5-11-18)23(31)29(24(32)27-25)16-21(30)28-14-8-9-17(15-28)22-26-19-12-6-7-13-20(19)33-22/h3-7,10-13,17H,2,8-9,14-16H2,1H3,(H,27,32)/t17-,25+/m1/s1. The number of urea groups is 1. The summed E-state index contributed by atoms with van der Waals surface area (Å²) in [4.78, 5) is 46.9. The van der Waals surface area contributed by atoms with Gasteiger partial charge in [-0.25, -0.2) is 9.78 Å². The molecule has 2 aromatic carbocycles. The number of piperidine rings is 1. The third kappa shape index (κ3) is 3.78. The molecule has 3 aromatic rings. The van der Waals surface area contributed by atoms with Gasteiger partial charge in [-0.05, 0) is 37.0 Å². The number of fused-ring (bicyclic) bond motifs is 1. The van der Waals surface area contributed by atoms with Gasteiger partial charge in [0.15, 0.2) is 0 Å². The quantitative estimate of drug-likeness (QED) is 0.584. The largest absolute Gasteiger partial charge is 0.340 e. The summed E-state index contributed by atoms with van der Waals surface area (Å²) < 4.78 is 1.15. The first-order valence-electron chi connectivity index (χ1n) is 11.3. The van der Waals surface area contributed by atoms with E-state index in [1.165, 1.54) is 0 Å². The summed E-state index contributed by atoms with van der Waals surface area (Å²) in [7, 11) is 0. The molecule has 3 heterocycles. The van der Waals surface area contributed by atoms with E-state index in [4.69, 9.17) is 4.98 Å². The highest BCUT2D eigenvalue weighted by Gasteiger charge is 2.51. The minimum absolute atomic E-state index is 0.169. The maximum atomic E-state index is 13.3. The highest BCUT2D eigenvalue weighted by atomic mass is 32.1. The Morgan fingerprint density at radius 2 is 1.91 bits per heavy atom. The molecule has 33 heavy (non-hydrogen) atoms. The molecule has 170 valence electrons. The zero-order chi connectivity index (χ0) is 23.0. The molecule has 2 fully saturated rings. The van der Waals surface area contributed by atoms with Crippen molar-refractivity contribution in [1.82, 2.24) is 20.1 Å². The van der Waals surface area contributed by atoms with E-state index in [-0.39, 0.29) is 24.3 Å². The number of aromatic nitrogens is 1. The second kappa shape index (κ2) is 8.59. The van der Waals surface area contributed by atoms with Gasteiger partial charge in [0.2, 0.25) is 5.91 Å². The molecular formula is C25H26N4O3S. The Kier molecular flexibility index (Phi) is 5.62. The predicted molar refractivity (Wildman–Crippen MR) is 127 cm³/mol. The van der Waals surface area contributed by atoms with Gasteiger partial charge in [0.1, 0.15) is 12.1 Å². The average molecular weight is 463 g/mol. The van der Waals surface area contributed by atoms with Crippen molar-refractivity contribution in [2.24, 2.45) is 0 Å². The van der Waals surface area contributed by atoms with Crippen LogP contribution in [0.15, 0.2) is 54.6 Å². The smallest absolute Gasteiger partial charge is 0.325 e. The van der Waals surface area contributed by atoms with E-state index < -0.39 is 11.6 Å². The SMILES string of the molecule is CC[C@@]1(c2ccccc2)NC(=O)N(CC(=O)N2CCC[C@@H](c3nc4ccccc4s3)C2)C1=O.